The number of likely N-dealkylation sites (N-methyl/N-ethyl adjacent to an activating group) is 1. The fraction of sp³-hybridized carbons (Fsp3) is 0.417. The fourth-order valence-corrected chi connectivity index (χ4v) is 2.01. The van der Waals surface area contributed by atoms with Crippen LogP contribution in [0.4, 0.5) is 13.6 Å². The van der Waals surface area contributed by atoms with Crippen LogP contribution < -0.4 is 5.32 Å². The molecule has 0 radical (unpaired) electrons. The van der Waals surface area contributed by atoms with Gasteiger partial charge in [-0.3, -0.25) is 10.2 Å². The van der Waals surface area contributed by atoms with E-state index in [0.29, 0.717) is 5.56 Å². The molecule has 98 valence electrons. The van der Waals surface area contributed by atoms with Crippen molar-refractivity contribution in [3.63, 3.8) is 0 Å². The second-order valence-electron chi connectivity index (χ2n) is 4.24. The minimum absolute atomic E-state index is 0.118. The lowest BCUT2D eigenvalue weighted by Gasteiger charge is -2.20. The van der Waals surface area contributed by atoms with Crippen LogP contribution in [0.25, 0.3) is 0 Å². The molecule has 1 aromatic carbocycles. The highest BCUT2D eigenvalue weighted by atomic mass is 19.1. The van der Waals surface area contributed by atoms with Crippen molar-refractivity contribution in [2.75, 3.05) is 7.05 Å². The van der Waals surface area contributed by atoms with Crippen molar-refractivity contribution in [3.8, 4) is 0 Å². The summed E-state index contributed by atoms with van der Waals surface area (Å²) in [5.74, 6) is -1.31. The van der Waals surface area contributed by atoms with Gasteiger partial charge in [-0.1, -0.05) is 0 Å². The quantitative estimate of drug-likeness (QED) is 0.897. The van der Waals surface area contributed by atoms with E-state index in [-0.39, 0.29) is 12.6 Å². The number of rotatable bonds is 3. The zero-order chi connectivity index (χ0) is 13.3. The van der Waals surface area contributed by atoms with Crippen LogP contribution >= 0.6 is 0 Å². The maximum Gasteiger partial charge on any atom is 0.412 e. The molecule has 1 aliphatic heterocycles. The predicted octanol–water partition coefficient (Wildman–Crippen LogP) is 1.85. The van der Waals surface area contributed by atoms with Crippen molar-refractivity contribution in [3.05, 3.63) is 35.4 Å². The van der Waals surface area contributed by atoms with E-state index in [1.807, 2.05) is 6.92 Å². The number of hydrogen-bond acceptors (Lipinski definition) is 3. The molecule has 1 aliphatic rings. The van der Waals surface area contributed by atoms with Crippen LogP contribution in [-0.2, 0) is 11.3 Å². The summed E-state index contributed by atoms with van der Waals surface area (Å²) in [6, 6.07) is 3.01. The third-order valence-corrected chi connectivity index (χ3v) is 2.95. The third kappa shape index (κ3) is 2.43. The number of benzene rings is 1. The number of carbonyl (C=O) groups excluding carboxylic acids is 1. The molecule has 18 heavy (non-hydrogen) atoms. The Kier molecular flexibility index (Phi) is 3.47. The van der Waals surface area contributed by atoms with Gasteiger partial charge in [-0.15, -0.1) is 0 Å². The van der Waals surface area contributed by atoms with E-state index in [0.717, 1.165) is 6.07 Å². The summed E-state index contributed by atoms with van der Waals surface area (Å²) in [6.07, 6.45) is -0.901. The molecule has 1 saturated heterocycles. The maximum absolute atomic E-state index is 13.1. The van der Waals surface area contributed by atoms with Gasteiger partial charge in [0.25, 0.3) is 0 Å². The van der Waals surface area contributed by atoms with E-state index in [9.17, 15) is 13.6 Å². The van der Waals surface area contributed by atoms with Crippen molar-refractivity contribution < 1.29 is 18.3 Å². The SMILES string of the molecule is CN[C@H]1OC(=O)N(Cc2cc(F)cc(F)c2)[C@@H]1C. The smallest absolute Gasteiger partial charge is 0.412 e. The van der Waals surface area contributed by atoms with Gasteiger partial charge >= 0.3 is 6.09 Å². The van der Waals surface area contributed by atoms with Crippen molar-refractivity contribution in [2.45, 2.75) is 25.7 Å². The first-order valence-electron chi connectivity index (χ1n) is 5.60. The number of cyclic esters (lactones) is 1. The summed E-state index contributed by atoms with van der Waals surface area (Å²) < 4.78 is 31.2. The number of hydrogen-bond donors (Lipinski definition) is 1. The Bertz CT molecular complexity index is 447. The number of carbonyl (C=O) groups is 1. The molecule has 0 aromatic heterocycles. The van der Waals surface area contributed by atoms with Gasteiger partial charge in [-0.2, -0.15) is 0 Å². The molecule has 1 fully saturated rings. The van der Waals surface area contributed by atoms with Crippen molar-refractivity contribution in [1.29, 1.82) is 0 Å². The first-order chi connectivity index (χ1) is 8.51. The second kappa shape index (κ2) is 4.89. The Morgan fingerprint density at radius 1 is 1.33 bits per heavy atom. The van der Waals surface area contributed by atoms with Gasteiger partial charge in [0.05, 0.1) is 6.04 Å². The van der Waals surface area contributed by atoms with Gasteiger partial charge < -0.3 is 4.74 Å². The minimum Gasteiger partial charge on any atom is -0.428 e. The van der Waals surface area contributed by atoms with Crippen LogP contribution in [-0.4, -0.2) is 30.3 Å². The number of ether oxygens (including phenoxy) is 1. The predicted molar refractivity (Wildman–Crippen MR) is 60.7 cm³/mol. The minimum atomic E-state index is -0.657. The summed E-state index contributed by atoms with van der Waals surface area (Å²) in [5, 5.41) is 2.85. The van der Waals surface area contributed by atoms with E-state index >= 15 is 0 Å². The molecule has 4 nitrogen and oxygen atoms in total. The standard InChI is InChI=1S/C12H14F2N2O2/c1-7-11(15-2)18-12(17)16(7)6-8-3-9(13)5-10(14)4-8/h3-5,7,11,15H,6H2,1-2H3/t7-,11+/m1/s1. The Morgan fingerprint density at radius 2 is 1.94 bits per heavy atom. The summed E-state index contributed by atoms with van der Waals surface area (Å²) in [6.45, 7) is 1.93. The molecule has 1 N–H and O–H groups in total. The number of amides is 1. The summed E-state index contributed by atoms with van der Waals surface area (Å²) >= 11 is 0. The Hall–Kier alpha value is -1.69. The van der Waals surface area contributed by atoms with Gasteiger partial charge in [-0.05, 0) is 31.7 Å². The zero-order valence-corrected chi connectivity index (χ0v) is 10.1. The highest BCUT2D eigenvalue weighted by Crippen LogP contribution is 2.21. The van der Waals surface area contributed by atoms with Crippen LogP contribution in [0.5, 0.6) is 0 Å². The third-order valence-electron chi connectivity index (χ3n) is 2.95. The maximum atomic E-state index is 13.1. The molecule has 0 bridgehead atoms. The Morgan fingerprint density at radius 3 is 2.44 bits per heavy atom. The fourth-order valence-electron chi connectivity index (χ4n) is 2.01. The van der Waals surface area contributed by atoms with Gasteiger partial charge in [0, 0.05) is 12.6 Å². The Balaban J connectivity index is 2.16. The second-order valence-corrected chi connectivity index (χ2v) is 4.24. The zero-order valence-electron chi connectivity index (χ0n) is 10.1. The molecule has 2 rings (SSSR count). The molecular formula is C12H14F2N2O2. The lowest BCUT2D eigenvalue weighted by atomic mass is 10.2. The van der Waals surface area contributed by atoms with E-state index in [4.69, 9.17) is 4.74 Å². The van der Waals surface area contributed by atoms with Crippen LogP contribution in [0.3, 0.4) is 0 Å². The van der Waals surface area contributed by atoms with Crippen LogP contribution in [0.1, 0.15) is 12.5 Å². The topological polar surface area (TPSA) is 41.6 Å². The van der Waals surface area contributed by atoms with E-state index in [2.05, 4.69) is 5.32 Å². The van der Waals surface area contributed by atoms with Crippen molar-refractivity contribution in [1.82, 2.24) is 10.2 Å². The number of halogens is 2. The monoisotopic (exact) mass is 256 g/mol. The average Bonchev–Trinajstić information content (AvgIpc) is 2.55. The molecule has 0 spiro atoms. The van der Waals surface area contributed by atoms with Crippen LogP contribution in [0.2, 0.25) is 0 Å². The van der Waals surface area contributed by atoms with Crippen LogP contribution in [0.15, 0.2) is 18.2 Å². The largest absolute Gasteiger partial charge is 0.428 e. The van der Waals surface area contributed by atoms with E-state index in [1.54, 1.807) is 7.05 Å². The lowest BCUT2D eigenvalue weighted by molar-refractivity contribution is 0.117. The molecule has 6 heteroatoms. The molecule has 1 aromatic rings. The first kappa shape index (κ1) is 12.8. The average molecular weight is 256 g/mol. The van der Waals surface area contributed by atoms with Gasteiger partial charge in [0.1, 0.15) is 11.6 Å². The lowest BCUT2D eigenvalue weighted by Crippen LogP contribution is -2.39. The molecular weight excluding hydrogens is 242 g/mol. The molecule has 0 aliphatic carbocycles. The molecule has 0 unspecified atom stereocenters. The normalized spacial score (nSPS) is 23.3. The number of nitrogens with zero attached hydrogens (tertiary/aromatic N) is 1. The van der Waals surface area contributed by atoms with Gasteiger partial charge in [0.2, 0.25) is 0 Å². The van der Waals surface area contributed by atoms with Gasteiger partial charge in [-0.25, -0.2) is 13.6 Å². The molecule has 1 heterocycles. The summed E-state index contributed by atoms with van der Waals surface area (Å²) in [5.41, 5.74) is 0.396. The molecule has 2 atom stereocenters. The summed E-state index contributed by atoms with van der Waals surface area (Å²) in [7, 11) is 1.68. The highest BCUT2D eigenvalue weighted by Gasteiger charge is 2.37. The molecule has 0 saturated carbocycles. The summed E-state index contributed by atoms with van der Waals surface area (Å²) in [4.78, 5) is 13.0. The van der Waals surface area contributed by atoms with E-state index < -0.39 is 24.0 Å². The number of nitrogens with one attached hydrogen (secondary N) is 1. The van der Waals surface area contributed by atoms with Crippen LogP contribution in [0, 0.1) is 11.6 Å². The Labute approximate surface area is 104 Å². The molecule has 1 amide bonds. The van der Waals surface area contributed by atoms with Crippen molar-refractivity contribution >= 4 is 6.09 Å². The highest BCUT2D eigenvalue weighted by molar-refractivity contribution is 5.70. The van der Waals surface area contributed by atoms with E-state index in [1.165, 1.54) is 17.0 Å². The van der Waals surface area contributed by atoms with Gasteiger partial charge in [0.15, 0.2) is 6.23 Å². The first-order valence-corrected chi connectivity index (χ1v) is 5.60. The van der Waals surface area contributed by atoms with Crippen molar-refractivity contribution in [2.24, 2.45) is 0 Å².